The molecule has 0 bridgehead atoms. The summed E-state index contributed by atoms with van der Waals surface area (Å²) in [5, 5.41) is 4.42. The molecule has 0 aliphatic carbocycles. The van der Waals surface area contributed by atoms with E-state index in [1.54, 1.807) is 0 Å². The zero-order chi connectivity index (χ0) is 17.5. The lowest BCUT2D eigenvalue weighted by molar-refractivity contribution is 0.388. The van der Waals surface area contributed by atoms with Crippen molar-refractivity contribution < 1.29 is 13.3 Å². The molecule has 0 radical (unpaired) electrons. The maximum absolute atomic E-state index is 14.3. The van der Waals surface area contributed by atoms with Crippen molar-refractivity contribution in [3.63, 3.8) is 0 Å². The van der Waals surface area contributed by atoms with Crippen LogP contribution in [0.2, 0.25) is 0 Å². The van der Waals surface area contributed by atoms with Crippen molar-refractivity contribution in [3.8, 4) is 0 Å². The molecule has 1 aromatic heterocycles. The van der Waals surface area contributed by atoms with E-state index in [0.717, 1.165) is 29.5 Å². The van der Waals surface area contributed by atoms with Crippen LogP contribution in [0.25, 0.3) is 0 Å². The molecule has 2 heterocycles. The summed E-state index contributed by atoms with van der Waals surface area (Å²) < 4.78 is 32.9. The Morgan fingerprint density at radius 3 is 2.83 bits per heavy atom. The zero-order valence-electron chi connectivity index (χ0n) is 13.8. The topological polar surface area (TPSA) is 64.4 Å². The average molecular weight is 351 g/mol. The molecule has 0 spiro atoms. The lowest BCUT2D eigenvalue weighted by atomic mass is 9.85. The molecule has 1 aromatic carbocycles. The average Bonchev–Trinajstić information content (AvgIpc) is 2.86. The third-order valence-corrected chi connectivity index (χ3v) is 5.37. The summed E-state index contributed by atoms with van der Waals surface area (Å²) in [6, 6.07) is 3.56. The van der Waals surface area contributed by atoms with Crippen LogP contribution in [0.15, 0.2) is 27.7 Å². The molecule has 2 N–H and O–H groups in total. The fourth-order valence-electron chi connectivity index (χ4n) is 3.21. The predicted molar refractivity (Wildman–Crippen MR) is 90.9 cm³/mol. The molecular formula is C17H19F2N3OS. The highest BCUT2D eigenvalue weighted by molar-refractivity contribution is 8.14. The van der Waals surface area contributed by atoms with Crippen molar-refractivity contribution in [3.05, 3.63) is 52.4 Å². The van der Waals surface area contributed by atoms with Crippen molar-refractivity contribution in [1.82, 2.24) is 5.16 Å². The predicted octanol–water partition coefficient (Wildman–Crippen LogP) is 4.23. The summed E-state index contributed by atoms with van der Waals surface area (Å²) in [4.78, 5) is 4.46. The van der Waals surface area contributed by atoms with Gasteiger partial charge in [-0.3, -0.25) is 4.99 Å². The maximum atomic E-state index is 14.3. The molecule has 0 fully saturated rings. The van der Waals surface area contributed by atoms with E-state index in [-0.39, 0.29) is 5.25 Å². The minimum atomic E-state index is -0.869. The monoisotopic (exact) mass is 351 g/mol. The number of nitrogens with zero attached hydrogens (tertiary/aromatic N) is 2. The summed E-state index contributed by atoms with van der Waals surface area (Å²) in [6.45, 7) is 5.68. The maximum Gasteiger partial charge on any atom is 0.155 e. The number of amidine groups is 1. The Balaban J connectivity index is 2.04. The first kappa shape index (κ1) is 17.0. The lowest BCUT2D eigenvalue weighted by Crippen LogP contribution is -2.31. The van der Waals surface area contributed by atoms with Gasteiger partial charge in [0.15, 0.2) is 5.17 Å². The molecule has 0 unspecified atom stereocenters. The number of rotatable bonds is 3. The van der Waals surface area contributed by atoms with Crippen LogP contribution in [-0.2, 0) is 12.0 Å². The first-order valence-corrected chi connectivity index (χ1v) is 8.64. The number of halogens is 2. The molecule has 0 saturated heterocycles. The third-order valence-electron chi connectivity index (χ3n) is 4.35. The highest BCUT2D eigenvalue weighted by Crippen LogP contribution is 2.48. The molecule has 0 saturated carbocycles. The van der Waals surface area contributed by atoms with Gasteiger partial charge in [0.1, 0.15) is 17.4 Å². The van der Waals surface area contributed by atoms with Crippen LogP contribution in [0.1, 0.15) is 48.1 Å². The van der Waals surface area contributed by atoms with Gasteiger partial charge in [-0.25, -0.2) is 8.78 Å². The summed E-state index contributed by atoms with van der Waals surface area (Å²) >= 11 is 1.42. The summed E-state index contributed by atoms with van der Waals surface area (Å²) in [5.74, 6) is -0.486. The van der Waals surface area contributed by atoms with Gasteiger partial charge in [-0.05, 0) is 32.8 Å². The van der Waals surface area contributed by atoms with E-state index in [2.05, 4.69) is 10.1 Å². The van der Waals surface area contributed by atoms with Gasteiger partial charge < -0.3 is 10.3 Å². The molecule has 7 heteroatoms. The molecule has 0 amide bonds. The molecule has 1 aliphatic rings. The fourth-order valence-corrected chi connectivity index (χ4v) is 4.59. The Morgan fingerprint density at radius 2 is 2.17 bits per heavy atom. The molecule has 1 aliphatic heterocycles. The van der Waals surface area contributed by atoms with E-state index in [1.165, 1.54) is 23.9 Å². The minimum absolute atomic E-state index is 0.0434. The molecule has 24 heavy (non-hydrogen) atoms. The Bertz CT molecular complexity index is 805. The summed E-state index contributed by atoms with van der Waals surface area (Å²) in [5.41, 5.74) is 7.37. The van der Waals surface area contributed by atoms with Crippen LogP contribution in [-0.4, -0.2) is 10.3 Å². The fraction of sp³-hybridized carbons (Fsp3) is 0.412. The quantitative estimate of drug-likeness (QED) is 0.899. The van der Waals surface area contributed by atoms with E-state index in [1.807, 2.05) is 20.8 Å². The van der Waals surface area contributed by atoms with E-state index in [0.29, 0.717) is 17.2 Å². The van der Waals surface area contributed by atoms with Gasteiger partial charge in [-0.1, -0.05) is 29.9 Å². The van der Waals surface area contributed by atoms with Gasteiger partial charge >= 0.3 is 0 Å². The van der Waals surface area contributed by atoms with Crippen LogP contribution in [0.3, 0.4) is 0 Å². The highest BCUT2D eigenvalue weighted by atomic mass is 32.2. The second kappa shape index (κ2) is 6.20. The van der Waals surface area contributed by atoms with Crippen LogP contribution in [0.4, 0.5) is 8.78 Å². The van der Waals surface area contributed by atoms with Gasteiger partial charge in [-0.2, -0.15) is 0 Å². The van der Waals surface area contributed by atoms with E-state index in [9.17, 15) is 8.78 Å². The second-order valence-corrected chi connectivity index (χ2v) is 7.33. The SMILES string of the molecule is CCc1noc(C)c1[C@@H]1C[C@@](C)(c2ccc(F)cc2F)N=C(N)S1. The van der Waals surface area contributed by atoms with Crippen LogP contribution in [0.5, 0.6) is 0 Å². The number of hydrogen-bond donors (Lipinski definition) is 1. The number of nitrogens with two attached hydrogens (primary N) is 1. The molecule has 2 atom stereocenters. The Labute approximate surface area is 143 Å². The highest BCUT2D eigenvalue weighted by Gasteiger charge is 2.39. The standard InChI is InChI=1S/C17H19F2N3OS/c1-4-13-15(9(2)23-22-13)14-8-17(3,21-16(20)24-14)11-6-5-10(18)7-12(11)19/h5-7,14H,4,8H2,1-3H3,(H2,20,21)/t14-,17-/m0/s1. The van der Waals surface area contributed by atoms with Gasteiger partial charge in [0.05, 0.1) is 11.2 Å². The zero-order valence-corrected chi connectivity index (χ0v) is 14.6. The largest absolute Gasteiger partial charge is 0.378 e. The molecule has 3 rings (SSSR count). The van der Waals surface area contributed by atoms with Crippen molar-refractivity contribution in [2.24, 2.45) is 10.7 Å². The van der Waals surface area contributed by atoms with Crippen molar-refractivity contribution >= 4 is 16.9 Å². The number of hydrogen-bond acceptors (Lipinski definition) is 5. The van der Waals surface area contributed by atoms with Gasteiger partial charge in [0, 0.05) is 22.4 Å². The van der Waals surface area contributed by atoms with Gasteiger partial charge in [0.2, 0.25) is 0 Å². The number of aromatic nitrogens is 1. The smallest absolute Gasteiger partial charge is 0.155 e. The van der Waals surface area contributed by atoms with E-state index >= 15 is 0 Å². The normalized spacial score (nSPS) is 24.0. The number of aryl methyl sites for hydroxylation is 2. The lowest BCUT2D eigenvalue weighted by Gasteiger charge is -2.34. The summed E-state index contributed by atoms with van der Waals surface area (Å²) in [6.07, 6.45) is 1.26. The minimum Gasteiger partial charge on any atom is -0.378 e. The Hall–Kier alpha value is -1.89. The second-order valence-electron chi connectivity index (χ2n) is 6.11. The van der Waals surface area contributed by atoms with Crippen molar-refractivity contribution in [1.29, 1.82) is 0 Å². The van der Waals surface area contributed by atoms with Crippen molar-refractivity contribution in [2.45, 2.75) is 44.4 Å². The van der Waals surface area contributed by atoms with E-state index < -0.39 is 17.2 Å². The van der Waals surface area contributed by atoms with Gasteiger partial charge in [-0.15, -0.1) is 0 Å². The number of aliphatic imine (C=N–C) groups is 1. The molecule has 4 nitrogen and oxygen atoms in total. The molecule has 2 aromatic rings. The van der Waals surface area contributed by atoms with Crippen molar-refractivity contribution in [2.75, 3.05) is 0 Å². The number of thioether (sulfide) groups is 1. The first-order chi connectivity index (χ1) is 11.3. The molecule has 128 valence electrons. The Morgan fingerprint density at radius 1 is 1.42 bits per heavy atom. The molecular weight excluding hydrogens is 332 g/mol. The van der Waals surface area contributed by atoms with Gasteiger partial charge in [0.25, 0.3) is 0 Å². The third kappa shape index (κ3) is 2.92. The van der Waals surface area contributed by atoms with E-state index in [4.69, 9.17) is 10.3 Å². The first-order valence-electron chi connectivity index (χ1n) is 7.76. The number of benzene rings is 1. The van der Waals surface area contributed by atoms with Crippen LogP contribution < -0.4 is 5.73 Å². The summed E-state index contributed by atoms with van der Waals surface area (Å²) in [7, 11) is 0. The van der Waals surface area contributed by atoms with Crippen LogP contribution in [0, 0.1) is 18.6 Å². The Kier molecular flexibility index (Phi) is 4.38. The van der Waals surface area contributed by atoms with Crippen LogP contribution >= 0.6 is 11.8 Å².